The Morgan fingerprint density at radius 2 is 1.56 bits per heavy atom. The van der Waals surface area contributed by atoms with Gasteiger partial charge in [-0.2, -0.15) is 4.31 Å². The second kappa shape index (κ2) is 9.67. The average molecular weight is 389 g/mol. The second-order valence-corrected chi connectivity index (χ2v) is 8.28. The summed E-state index contributed by atoms with van der Waals surface area (Å²) in [6.45, 7) is 6.52. The fourth-order valence-corrected chi connectivity index (χ4v) is 4.49. The molecule has 0 aliphatic heterocycles. The first-order valence-corrected chi connectivity index (χ1v) is 10.8. The Labute approximate surface area is 162 Å². The van der Waals surface area contributed by atoms with Crippen LogP contribution in [0, 0.1) is 0 Å². The number of carbonyl (C=O) groups excluding carboxylic acids is 1. The SMILES string of the molecule is CCC[C@@H](NC(=O)c1ccc(S(=O)(=O)N(CC)CC)cc1)c1ccccc1. The molecule has 5 nitrogen and oxygen atoms in total. The molecule has 0 unspecified atom stereocenters. The number of benzene rings is 2. The van der Waals surface area contributed by atoms with Gasteiger partial charge in [0, 0.05) is 18.7 Å². The van der Waals surface area contributed by atoms with E-state index in [1.807, 2.05) is 30.3 Å². The standard InChI is InChI=1S/C21H28N2O3S/c1-4-10-20(17-11-8-7-9-12-17)22-21(24)18-13-15-19(16-14-18)27(25,26)23(5-2)6-3/h7-9,11-16,20H,4-6,10H2,1-3H3,(H,22,24)/t20-/m1/s1. The molecular weight excluding hydrogens is 360 g/mol. The fraction of sp³-hybridized carbons (Fsp3) is 0.381. The molecule has 1 atom stereocenters. The van der Waals surface area contributed by atoms with Gasteiger partial charge in [-0.25, -0.2) is 8.42 Å². The van der Waals surface area contributed by atoms with E-state index >= 15 is 0 Å². The highest BCUT2D eigenvalue weighted by molar-refractivity contribution is 7.89. The van der Waals surface area contributed by atoms with Gasteiger partial charge in [0.1, 0.15) is 0 Å². The summed E-state index contributed by atoms with van der Waals surface area (Å²) in [6, 6.07) is 15.9. The lowest BCUT2D eigenvalue weighted by Crippen LogP contribution is -2.31. The van der Waals surface area contributed by atoms with Crippen LogP contribution in [0.4, 0.5) is 0 Å². The summed E-state index contributed by atoms with van der Waals surface area (Å²) in [5, 5.41) is 3.06. The lowest BCUT2D eigenvalue weighted by molar-refractivity contribution is 0.0934. The Morgan fingerprint density at radius 3 is 2.07 bits per heavy atom. The number of amides is 1. The van der Waals surface area contributed by atoms with Gasteiger partial charge in [-0.3, -0.25) is 4.79 Å². The Balaban J connectivity index is 2.17. The number of nitrogens with zero attached hydrogens (tertiary/aromatic N) is 1. The molecule has 0 aliphatic rings. The molecule has 2 aromatic rings. The first kappa shape index (κ1) is 21.1. The smallest absolute Gasteiger partial charge is 0.251 e. The molecule has 2 aromatic carbocycles. The average Bonchev–Trinajstić information content (AvgIpc) is 2.69. The molecule has 0 bridgehead atoms. The number of nitrogens with one attached hydrogen (secondary N) is 1. The van der Waals surface area contributed by atoms with Gasteiger partial charge in [0.2, 0.25) is 10.0 Å². The molecule has 0 fully saturated rings. The first-order valence-electron chi connectivity index (χ1n) is 9.40. The number of rotatable bonds is 9. The van der Waals surface area contributed by atoms with Gasteiger partial charge in [0.15, 0.2) is 0 Å². The molecule has 2 rings (SSSR count). The van der Waals surface area contributed by atoms with Crippen molar-refractivity contribution in [2.24, 2.45) is 0 Å². The monoisotopic (exact) mass is 388 g/mol. The molecule has 0 saturated heterocycles. The van der Waals surface area contributed by atoms with Crippen molar-refractivity contribution in [3.8, 4) is 0 Å². The van der Waals surface area contributed by atoms with Crippen LogP contribution in [0.3, 0.4) is 0 Å². The van der Waals surface area contributed by atoms with E-state index in [9.17, 15) is 13.2 Å². The van der Waals surface area contributed by atoms with Gasteiger partial charge in [0.25, 0.3) is 5.91 Å². The quantitative estimate of drug-likeness (QED) is 0.706. The van der Waals surface area contributed by atoms with Gasteiger partial charge < -0.3 is 5.32 Å². The third-order valence-corrected chi connectivity index (χ3v) is 6.61. The van der Waals surface area contributed by atoms with Crippen LogP contribution in [-0.2, 0) is 10.0 Å². The summed E-state index contributed by atoms with van der Waals surface area (Å²) in [5.74, 6) is -0.205. The Morgan fingerprint density at radius 1 is 0.963 bits per heavy atom. The van der Waals surface area contributed by atoms with E-state index in [1.165, 1.54) is 16.4 Å². The molecule has 0 saturated carbocycles. The predicted molar refractivity (Wildman–Crippen MR) is 108 cm³/mol. The largest absolute Gasteiger partial charge is 0.345 e. The normalized spacial score (nSPS) is 12.7. The van der Waals surface area contributed by atoms with Crippen molar-refractivity contribution in [2.45, 2.75) is 44.6 Å². The lowest BCUT2D eigenvalue weighted by atomic mass is 10.0. The summed E-state index contributed by atoms with van der Waals surface area (Å²) < 4.78 is 26.5. The maximum atomic E-state index is 12.6. The van der Waals surface area contributed by atoms with Crippen LogP contribution < -0.4 is 5.32 Å². The van der Waals surface area contributed by atoms with Crippen LogP contribution in [-0.4, -0.2) is 31.7 Å². The van der Waals surface area contributed by atoms with Crippen molar-refractivity contribution in [1.29, 1.82) is 0 Å². The number of sulfonamides is 1. The topological polar surface area (TPSA) is 66.5 Å². The van der Waals surface area contributed by atoms with E-state index in [1.54, 1.807) is 26.0 Å². The van der Waals surface area contributed by atoms with Gasteiger partial charge in [0.05, 0.1) is 10.9 Å². The van der Waals surface area contributed by atoms with Crippen molar-refractivity contribution in [3.05, 3.63) is 65.7 Å². The molecule has 1 amide bonds. The third-order valence-electron chi connectivity index (χ3n) is 4.54. The summed E-state index contributed by atoms with van der Waals surface area (Å²) in [7, 11) is -3.52. The van der Waals surface area contributed by atoms with Crippen molar-refractivity contribution >= 4 is 15.9 Å². The highest BCUT2D eigenvalue weighted by atomic mass is 32.2. The van der Waals surface area contributed by atoms with E-state index in [-0.39, 0.29) is 16.8 Å². The fourth-order valence-electron chi connectivity index (χ4n) is 3.03. The molecule has 27 heavy (non-hydrogen) atoms. The van der Waals surface area contributed by atoms with Crippen LogP contribution in [0.15, 0.2) is 59.5 Å². The molecule has 0 aliphatic carbocycles. The van der Waals surface area contributed by atoms with Gasteiger partial charge in [-0.05, 0) is 36.2 Å². The molecular formula is C21H28N2O3S. The molecule has 1 N–H and O–H groups in total. The van der Waals surface area contributed by atoms with E-state index in [0.29, 0.717) is 18.7 Å². The van der Waals surface area contributed by atoms with E-state index in [4.69, 9.17) is 0 Å². The van der Waals surface area contributed by atoms with Crippen LogP contribution in [0.5, 0.6) is 0 Å². The zero-order chi connectivity index (χ0) is 19.9. The Kier molecular flexibility index (Phi) is 7.56. The zero-order valence-corrected chi connectivity index (χ0v) is 17.0. The van der Waals surface area contributed by atoms with Crippen LogP contribution in [0.2, 0.25) is 0 Å². The van der Waals surface area contributed by atoms with Crippen LogP contribution in [0.25, 0.3) is 0 Å². The second-order valence-electron chi connectivity index (χ2n) is 6.34. The summed E-state index contributed by atoms with van der Waals surface area (Å²) in [5.41, 5.74) is 1.51. The van der Waals surface area contributed by atoms with Crippen LogP contribution >= 0.6 is 0 Å². The zero-order valence-electron chi connectivity index (χ0n) is 16.2. The maximum Gasteiger partial charge on any atom is 0.251 e. The molecule has 0 radical (unpaired) electrons. The number of hydrogen-bond acceptors (Lipinski definition) is 3. The van der Waals surface area contributed by atoms with E-state index in [0.717, 1.165) is 18.4 Å². The molecule has 0 heterocycles. The highest BCUT2D eigenvalue weighted by Crippen LogP contribution is 2.20. The van der Waals surface area contributed by atoms with Gasteiger partial charge >= 0.3 is 0 Å². The molecule has 0 spiro atoms. The van der Waals surface area contributed by atoms with Crippen LogP contribution in [0.1, 0.15) is 55.6 Å². The lowest BCUT2D eigenvalue weighted by Gasteiger charge is -2.20. The van der Waals surface area contributed by atoms with Gasteiger partial charge in [-0.15, -0.1) is 0 Å². The minimum atomic E-state index is -3.52. The molecule has 6 heteroatoms. The number of hydrogen-bond donors (Lipinski definition) is 1. The Hall–Kier alpha value is -2.18. The van der Waals surface area contributed by atoms with Gasteiger partial charge in [-0.1, -0.05) is 57.5 Å². The summed E-state index contributed by atoms with van der Waals surface area (Å²) >= 11 is 0. The molecule has 146 valence electrons. The van der Waals surface area contributed by atoms with Crippen molar-refractivity contribution in [3.63, 3.8) is 0 Å². The van der Waals surface area contributed by atoms with Crippen molar-refractivity contribution < 1.29 is 13.2 Å². The van der Waals surface area contributed by atoms with E-state index in [2.05, 4.69) is 12.2 Å². The van der Waals surface area contributed by atoms with E-state index < -0.39 is 10.0 Å². The maximum absolute atomic E-state index is 12.6. The molecule has 0 aromatic heterocycles. The van der Waals surface area contributed by atoms with Crippen molar-refractivity contribution in [1.82, 2.24) is 9.62 Å². The summed E-state index contributed by atoms with van der Waals surface area (Å²) in [4.78, 5) is 12.8. The number of carbonyl (C=O) groups is 1. The predicted octanol–water partition coefficient (Wildman–Crippen LogP) is 3.99. The first-order chi connectivity index (χ1) is 12.9. The third kappa shape index (κ3) is 5.17. The van der Waals surface area contributed by atoms with Crippen molar-refractivity contribution in [2.75, 3.05) is 13.1 Å². The summed E-state index contributed by atoms with van der Waals surface area (Å²) in [6.07, 6.45) is 1.78. The highest BCUT2D eigenvalue weighted by Gasteiger charge is 2.22. The Bertz CT molecular complexity index is 829. The minimum Gasteiger partial charge on any atom is -0.345 e. The minimum absolute atomic E-state index is 0.0669.